The van der Waals surface area contributed by atoms with Crippen molar-refractivity contribution in [2.45, 2.75) is 52.5 Å². The molecule has 1 aromatic rings. The lowest BCUT2D eigenvalue weighted by Crippen LogP contribution is -2.38. The third-order valence-electron chi connectivity index (χ3n) is 4.06. The highest BCUT2D eigenvalue weighted by atomic mass is 16.3. The van der Waals surface area contributed by atoms with Crippen molar-refractivity contribution in [3.05, 3.63) is 23.8 Å². The normalized spacial score (nSPS) is 23.4. The number of hydrogen-bond acceptors (Lipinski definition) is 2. The van der Waals surface area contributed by atoms with Crippen molar-refractivity contribution in [2.24, 2.45) is 5.41 Å². The van der Waals surface area contributed by atoms with Crippen LogP contribution in [0.25, 0.3) is 0 Å². The van der Waals surface area contributed by atoms with Gasteiger partial charge in [-0.1, -0.05) is 32.8 Å². The van der Waals surface area contributed by atoms with E-state index in [1.807, 2.05) is 19.1 Å². The monoisotopic (exact) mass is 233 g/mol. The molecule has 0 spiro atoms. The van der Waals surface area contributed by atoms with Crippen LogP contribution in [0.1, 0.15) is 45.1 Å². The third kappa shape index (κ3) is 2.74. The Hall–Kier alpha value is -1.18. The number of aromatic hydroxyl groups is 1. The van der Waals surface area contributed by atoms with Gasteiger partial charge in [0.15, 0.2) is 0 Å². The summed E-state index contributed by atoms with van der Waals surface area (Å²) in [7, 11) is 0. The molecule has 2 heteroatoms. The molecule has 0 saturated heterocycles. The first-order chi connectivity index (χ1) is 7.99. The van der Waals surface area contributed by atoms with E-state index >= 15 is 0 Å². The SMILES string of the molecule is Cc1ccc(NC2CCCCC2(C)C)cc1O. The van der Waals surface area contributed by atoms with Gasteiger partial charge in [0.25, 0.3) is 0 Å². The molecule has 0 aliphatic heterocycles. The van der Waals surface area contributed by atoms with Gasteiger partial charge in [0, 0.05) is 17.8 Å². The highest BCUT2D eigenvalue weighted by molar-refractivity contribution is 5.51. The molecule has 17 heavy (non-hydrogen) atoms. The fourth-order valence-electron chi connectivity index (χ4n) is 2.66. The van der Waals surface area contributed by atoms with Gasteiger partial charge in [-0.25, -0.2) is 0 Å². The molecule has 1 aliphatic carbocycles. The second-order valence-corrected chi connectivity index (χ2v) is 5.93. The fourth-order valence-corrected chi connectivity index (χ4v) is 2.66. The van der Waals surface area contributed by atoms with Crippen molar-refractivity contribution in [1.29, 1.82) is 0 Å². The minimum absolute atomic E-state index is 0.346. The fraction of sp³-hybridized carbons (Fsp3) is 0.600. The molecular weight excluding hydrogens is 210 g/mol. The van der Waals surface area contributed by atoms with Crippen LogP contribution in [-0.4, -0.2) is 11.1 Å². The molecule has 1 saturated carbocycles. The number of phenolic OH excluding ortho intramolecular Hbond substituents is 1. The molecule has 1 unspecified atom stereocenters. The number of rotatable bonds is 2. The van der Waals surface area contributed by atoms with Gasteiger partial charge in [-0.15, -0.1) is 0 Å². The van der Waals surface area contributed by atoms with E-state index in [-0.39, 0.29) is 0 Å². The zero-order valence-corrected chi connectivity index (χ0v) is 11.1. The smallest absolute Gasteiger partial charge is 0.120 e. The summed E-state index contributed by atoms with van der Waals surface area (Å²) < 4.78 is 0. The summed E-state index contributed by atoms with van der Waals surface area (Å²) in [4.78, 5) is 0. The second-order valence-electron chi connectivity index (χ2n) is 5.93. The Kier molecular flexibility index (Phi) is 3.32. The van der Waals surface area contributed by atoms with Crippen LogP contribution in [0.4, 0.5) is 5.69 Å². The Balaban J connectivity index is 2.11. The Morgan fingerprint density at radius 3 is 2.71 bits per heavy atom. The number of benzene rings is 1. The van der Waals surface area contributed by atoms with Gasteiger partial charge in [0.2, 0.25) is 0 Å². The Bertz CT molecular complexity index is 398. The van der Waals surface area contributed by atoms with Crippen LogP contribution in [-0.2, 0) is 0 Å². The number of phenols is 1. The number of anilines is 1. The van der Waals surface area contributed by atoms with Crippen LogP contribution in [0, 0.1) is 12.3 Å². The molecule has 0 heterocycles. The van der Waals surface area contributed by atoms with Crippen molar-refractivity contribution < 1.29 is 5.11 Å². The van der Waals surface area contributed by atoms with E-state index in [4.69, 9.17) is 0 Å². The Morgan fingerprint density at radius 2 is 2.06 bits per heavy atom. The topological polar surface area (TPSA) is 32.3 Å². The first-order valence-corrected chi connectivity index (χ1v) is 6.55. The summed E-state index contributed by atoms with van der Waals surface area (Å²) in [5, 5.41) is 13.3. The van der Waals surface area contributed by atoms with Crippen LogP contribution >= 0.6 is 0 Å². The molecule has 1 aliphatic rings. The molecule has 1 fully saturated rings. The molecule has 1 atom stereocenters. The number of nitrogens with one attached hydrogen (secondary N) is 1. The van der Waals surface area contributed by atoms with E-state index in [1.165, 1.54) is 25.7 Å². The summed E-state index contributed by atoms with van der Waals surface area (Å²) in [6.07, 6.45) is 5.15. The van der Waals surface area contributed by atoms with Crippen molar-refractivity contribution in [3.8, 4) is 5.75 Å². The first-order valence-electron chi connectivity index (χ1n) is 6.55. The summed E-state index contributed by atoms with van der Waals surface area (Å²) in [5.74, 6) is 0.378. The van der Waals surface area contributed by atoms with E-state index in [0.717, 1.165) is 11.3 Å². The van der Waals surface area contributed by atoms with Gasteiger partial charge in [0.1, 0.15) is 5.75 Å². The maximum atomic E-state index is 9.72. The molecule has 94 valence electrons. The summed E-state index contributed by atoms with van der Waals surface area (Å²) in [6.45, 7) is 6.58. The van der Waals surface area contributed by atoms with Crippen LogP contribution < -0.4 is 5.32 Å². The number of aryl methyl sites for hydroxylation is 1. The maximum absolute atomic E-state index is 9.72. The van der Waals surface area contributed by atoms with Crippen molar-refractivity contribution in [3.63, 3.8) is 0 Å². The average molecular weight is 233 g/mol. The van der Waals surface area contributed by atoms with Gasteiger partial charge < -0.3 is 10.4 Å². The van der Waals surface area contributed by atoms with E-state index in [1.54, 1.807) is 0 Å². The first kappa shape index (κ1) is 12.3. The Morgan fingerprint density at radius 1 is 1.29 bits per heavy atom. The highest BCUT2D eigenvalue weighted by Crippen LogP contribution is 2.37. The second kappa shape index (κ2) is 4.59. The summed E-state index contributed by atoms with van der Waals surface area (Å²) in [6, 6.07) is 6.37. The molecule has 0 amide bonds. The molecular formula is C15H23NO. The van der Waals surface area contributed by atoms with Gasteiger partial charge in [-0.05, 0) is 36.8 Å². The molecule has 2 nitrogen and oxygen atoms in total. The van der Waals surface area contributed by atoms with Gasteiger partial charge in [-0.3, -0.25) is 0 Å². The van der Waals surface area contributed by atoms with Crippen LogP contribution in [0.15, 0.2) is 18.2 Å². The minimum Gasteiger partial charge on any atom is -0.508 e. The lowest BCUT2D eigenvalue weighted by molar-refractivity contribution is 0.217. The minimum atomic E-state index is 0.346. The predicted molar refractivity (Wildman–Crippen MR) is 72.5 cm³/mol. The van der Waals surface area contributed by atoms with Gasteiger partial charge in [0.05, 0.1) is 0 Å². The molecule has 1 aromatic carbocycles. The van der Waals surface area contributed by atoms with E-state index < -0.39 is 0 Å². The van der Waals surface area contributed by atoms with E-state index in [2.05, 4.69) is 25.2 Å². The Labute approximate surface area is 104 Å². The van der Waals surface area contributed by atoms with Crippen LogP contribution in [0.2, 0.25) is 0 Å². The lowest BCUT2D eigenvalue weighted by Gasteiger charge is -2.39. The van der Waals surface area contributed by atoms with Crippen LogP contribution in [0.5, 0.6) is 5.75 Å². The average Bonchev–Trinajstić information content (AvgIpc) is 2.26. The molecule has 2 N–H and O–H groups in total. The summed E-state index contributed by atoms with van der Waals surface area (Å²) in [5.41, 5.74) is 2.31. The van der Waals surface area contributed by atoms with Crippen molar-refractivity contribution >= 4 is 5.69 Å². The van der Waals surface area contributed by atoms with Crippen molar-refractivity contribution in [2.75, 3.05) is 5.32 Å². The molecule has 2 rings (SSSR count). The molecule has 0 radical (unpaired) electrons. The van der Waals surface area contributed by atoms with Crippen molar-refractivity contribution in [1.82, 2.24) is 0 Å². The number of hydrogen-bond donors (Lipinski definition) is 2. The molecule has 0 bridgehead atoms. The maximum Gasteiger partial charge on any atom is 0.120 e. The standard InChI is InChI=1S/C15H23NO/c1-11-7-8-12(10-13(11)17)16-14-6-4-5-9-15(14,2)3/h7-8,10,14,16-17H,4-6,9H2,1-3H3. The largest absolute Gasteiger partial charge is 0.508 e. The van der Waals surface area contributed by atoms with Crippen LogP contribution in [0.3, 0.4) is 0 Å². The van der Waals surface area contributed by atoms with E-state index in [9.17, 15) is 5.11 Å². The van der Waals surface area contributed by atoms with Gasteiger partial charge >= 0.3 is 0 Å². The highest BCUT2D eigenvalue weighted by Gasteiger charge is 2.31. The third-order valence-corrected chi connectivity index (χ3v) is 4.06. The lowest BCUT2D eigenvalue weighted by atomic mass is 9.73. The van der Waals surface area contributed by atoms with E-state index in [0.29, 0.717) is 17.2 Å². The van der Waals surface area contributed by atoms with Gasteiger partial charge in [-0.2, -0.15) is 0 Å². The quantitative estimate of drug-likeness (QED) is 0.806. The molecule has 0 aromatic heterocycles. The zero-order chi connectivity index (χ0) is 12.5. The zero-order valence-electron chi connectivity index (χ0n) is 11.1. The predicted octanol–water partition coefficient (Wildman–Crippen LogP) is 4.08. The summed E-state index contributed by atoms with van der Waals surface area (Å²) >= 11 is 0.